The van der Waals surface area contributed by atoms with Crippen molar-refractivity contribution >= 4 is 5.91 Å². The maximum absolute atomic E-state index is 10.9. The van der Waals surface area contributed by atoms with Crippen LogP contribution in [0.4, 0.5) is 0 Å². The maximum Gasteiger partial charge on any atom is 0.265 e. The number of nitrogens with one attached hydrogen (secondary N) is 1. The lowest BCUT2D eigenvalue weighted by Gasteiger charge is -2.13. The first kappa shape index (κ1) is 11.1. The van der Waals surface area contributed by atoms with Gasteiger partial charge in [-0.2, -0.15) is 0 Å². The van der Waals surface area contributed by atoms with Crippen molar-refractivity contribution in [3.05, 3.63) is 12.7 Å². The zero-order valence-electron chi connectivity index (χ0n) is 7.08. The third-order valence-electron chi connectivity index (χ3n) is 1.17. The molecule has 0 bridgehead atoms. The van der Waals surface area contributed by atoms with E-state index in [0.717, 1.165) is 0 Å². The fourth-order valence-electron chi connectivity index (χ4n) is 0.628. The van der Waals surface area contributed by atoms with Crippen molar-refractivity contribution in [2.45, 2.75) is 6.10 Å². The van der Waals surface area contributed by atoms with Crippen molar-refractivity contribution in [3.63, 3.8) is 0 Å². The number of hydrogen-bond acceptors (Lipinski definition) is 4. The Hall–Kier alpha value is -0.910. The molecule has 0 saturated heterocycles. The monoisotopic (exact) mass is 174 g/mol. The fourth-order valence-corrected chi connectivity index (χ4v) is 0.628. The molecule has 0 aliphatic rings. The summed E-state index contributed by atoms with van der Waals surface area (Å²) in [4.78, 5) is 10.9. The molecule has 0 spiro atoms. The summed E-state index contributed by atoms with van der Waals surface area (Å²) >= 11 is 0. The summed E-state index contributed by atoms with van der Waals surface area (Å²) < 4.78 is 9.80. The summed E-state index contributed by atoms with van der Waals surface area (Å²) in [5.74, 6) is 4.51. The second kappa shape index (κ2) is 6.78. The largest absolute Gasteiger partial charge is 0.381 e. The molecule has 0 rings (SSSR count). The average molecular weight is 174 g/mol. The lowest BCUT2D eigenvalue weighted by atomic mass is 10.3. The molecule has 5 heteroatoms. The summed E-state index contributed by atoms with van der Waals surface area (Å²) in [6.07, 6.45) is 0.880. The second-order valence-corrected chi connectivity index (χ2v) is 2.07. The first-order valence-electron chi connectivity index (χ1n) is 3.48. The van der Waals surface area contributed by atoms with E-state index in [1.165, 1.54) is 7.11 Å². The van der Waals surface area contributed by atoms with E-state index in [1.54, 1.807) is 6.08 Å². The third-order valence-corrected chi connectivity index (χ3v) is 1.17. The first-order chi connectivity index (χ1) is 5.76. The minimum Gasteiger partial charge on any atom is -0.381 e. The van der Waals surface area contributed by atoms with E-state index in [9.17, 15) is 4.79 Å². The topological polar surface area (TPSA) is 73.6 Å². The van der Waals surface area contributed by atoms with Crippen molar-refractivity contribution in [1.82, 2.24) is 5.43 Å². The molecule has 0 saturated carbocycles. The van der Waals surface area contributed by atoms with Gasteiger partial charge in [0, 0.05) is 7.11 Å². The first-order valence-corrected chi connectivity index (χ1v) is 3.48. The molecule has 0 aliphatic carbocycles. The zero-order valence-corrected chi connectivity index (χ0v) is 7.08. The standard InChI is InChI=1S/C7H14N2O3/c1-3-4-12-6(5-11-2)7(10)9-8/h3,6H,1,4-5,8H2,2H3,(H,9,10). The molecule has 0 fully saturated rings. The highest BCUT2D eigenvalue weighted by atomic mass is 16.5. The molecule has 70 valence electrons. The van der Waals surface area contributed by atoms with Gasteiger partial charge >= 0.3 is 0 Å². The van der Waals surface area contributed by atoms with E-state index >= 15 is 0 Å². The van der Waals surface area contributed by atoms with Gasteiger partial charge in [0.25, 0.3) is 5.91 Å². The molecule has 5 nitrogen and oxygen atoms in total. The smallest absolute Gasteiger partial charge is 0.265 e. The van der Waals surface area contributed by atoms with Gasteiger partial charge in [-0.25, -0.2) is 5.84 Å². The SMILES string of the molecule is C=CCOC(COC)C(=O)NN. The number of carbonyl (C=O) groups is 1. The number of methoxy groups -OCH3 is 1. The van der Waals surface area contributed by atoms with Crippen molar-refractivity contribution < 1.29 is 14.3 Å². The minimum absolute atomic E-state index is 0.177. The van der Waals surface area contributed by atoms with Crippen LogP contribution in [-0.2, 0) is 14.3 Å². The van der Waals surface area contributed by atoms with Crippen molar-refractivity contribution in [2.75, 3.05) is 20.3 Å². The number of nitrogens with two attached hydrogens (primary N) is 1. The fraction of sp³-hybridized carbons (Fsp3) is 0.571. The summed E-state index contributed by atoms with van der Waals surface area (Å²) in [5.41, 5.74) is 1.98. The molecule has 0 heterocycles. The van der Waals surface area contributed by atoms with Crippen LogP contribution in [0.1, 0.15) is 0 Å². The molecule has 0 aromatic rings. The Kier molecular flexibility index (Phi) is 6.26. The third kappa shape index (κ3) is 4.07. The summed E-state index contributed by atoms with van der Waals surface area (Å²) in [7, 11) is 1.48. The predicted molar refractivity (Wildman–Crippen MR) is 44.1 cm³/mol. The summed E-state index contributed by atoms with van der Waals surface area (Å²) in [5, 5.41) is 0. The maximum atomic E-state index is 10.9. The second-order valence-electron chi connectivity index (χ2n) is 2.07. The number of hydrogen-bond donors (Lipinski definition) is 2. The molecule has 0 aliphatic heterocycles. The molecule has 0 radical (unpaired) electrons. The Balaban J connectivity index is 3.84. The lowest BCUT2D eigenvalue weighted by molar-refractivity contribution is -0.135. The van der Waals surface area contributed by atoms with Gasteiger partial charge in [0.2, 0.25) is 0 Å². The Morgan fingerprint density at radius 3 is 2.92 bits per heavy atom. The van der Waals surface area contributed by atoms with E-state index in [1.807, 2.05) is 5.43 Å². The number of hydrazine groups is 1. The Morgan fingerprint density at radius 1 is 1.83 bits per heavy atom. The van der Waals surface area contributed by atoms with E-state index in [4.69, 9.17) is 15.3 Å². The molecule has 0 aromatic heterocycles. The Labute approximate surface area is 71.5 Å². The molecule has 0 aromatic carbocycles. The quantitative estimate of drug-likeness (QED) is 0.239. The summed E-state index contributed by atoms with van der Waals surface area (Å²) in [6, 6.07) is 0. The molecule has 1 atom stereocenters. The highest BCUT2D eigenvalue weighted by Crippen LogP contribution is 1.92. The lowest BCUT2D eigenvalue weighted by Crippen LogP contribution is -2.42. The van der Waals surface area contributed by atoms with Gasteiger partial charge in [-0.3, -0.25) is 10.2 Å². The highest BCUT2D eigenvalue weighted by molar-refractivity contribution is 5.80. The molecular formula is C7H14N2O3. The zero-order chi connectivity index (χ0) is 9.40. The van der Waals surface area contributed by atoms with Gasteiger partial charge in [-0.15, -0.1) is 6.58 Å². The van der Waals surface area contributed by atoms with Crippen LogP contribution in [0.5, 0.6) is 0 Å². The van der Waals surface area contributed by atoms with Crippen LogP contribution in [0.2, 0.25) is 0 Å². The van der Waals surface area contributed by atoms with Crippen molar-refractivity contribution in [2.24, 2.45) is 5.84 Å². The number of rotatable bonds is 6. The van der Waals surface area contributed by atoms with Crippen LogP contribution in [0.3, 0.4) is 0 Å². The van der Waals surface area contributed by atoms with Gasteiger partial charge in [0.15, 0.2) is 6.10 Å². The van der Waals surface area contributed by atoms with Crippen molar-refractivity contribution in [1.29, 1.82) is 0 Å². The van der Waals surface area contributed by atoms with Crippen LogP contribution in [-0.4, -0.2) is 32.3 Å². The van der Waals surface area contributed by atoms with E-state index in [2.05, 4.69) is 6.58 Å². The van der Waals surface area contributed by atoms with E-state index in [0.29, 0.717) is 6.61 Å². The molecule has 1 unspecified atom stereocenters. The molecule has 1 amide bonds. The predicted octanol–water partition coefficient (Wildman–Crippen LogP) is -0.806. The Bertz CT molecular complexity index is 150. The van der Waals surface area contributed by atoms with Crippen LogP contribution >= 0.6 is 0 Å². The van der Waals surface area contributed by atoms with Gasteiger partial charge in [0.1, 0.15) is 0 Å². The molecular weight excluding hydrogens is 160 g/mol. The van der Waals surface area contributed by atoms with Gasteiger partial charge in [0.05, 0.1) is 13.2 Å². The van der Waals surface area contributed by atoms with Crippen LogP contribution in [0.25, 0.3) is 0 Å². The van der Waals surface area contributed by atoms with Crippen LogP contribution < -0.4 is 11.3 Å². The van der Waals surface area contributed by atoms with Crippen LogP contribution in [0.15, 0.2) is 12.7 Å². The average Bonchev–Trinajstić information content (AvgIpc) is 2.11. The van der Waals surface area contributed by atoms with Gasteiger partial charge < -0.3 is 9.47 Å². The van der Waals surface area contributed by atoms with Crippen LogP contribution in [0, 0.1) is 0 Å². The number of ether oxygens (including phenoxy) is 2. The van der Waals surface area contributed by atoms with Crippen molar-refractivity contribution in [3.8, 4) is 0 Å². The Morgan fingerprint density at radius 2 is 2.50 bits per heavy atom. The van der Waals surface area contributed by atoms with Gasteiger partial charge in [-0.1, -0.05) is 6.08 Å². The van der Waals surface area contributed by atoms with Gasteiger partial charge in [-0.05, 0) is 0 Å². The normalized spacial score (nSPS) is 12.2. The number of amides is 1. The summed E-state index contributed by atoms with van der Waals surface area (Å²) in [6.45, 7) is 3.92. The molecule has 12 heavy (non-hydrogen) atoms. The van der Waals surface area contributed by atoms with E-state index in [-0.39, 0.29) is 6.61 Å². The number of carbonyl (C=O) groups excluding carboxylic acids is 1. The highest BCUT2D eigenvalue weighted by Gasteiger charge is 2.16. The van der Waals surface area contributed by atoms with E-state index < -0.39 is 12.0 Å². The molecule has 3 N–H and O–H groups in total. The minimum atomic E-state index is -0.669.